The lowest BCUT2D eigenvalue weighted by Gasteiger charge is -2.16. The van der Waals surface area contributed by atoms with Crippen LogP contribution in [0.3, 0.4) is 0 Å². The van der Waals surface area contributed by atoms with E-state index in [9.17, 15) is 13.2 Å². The average molecular weight is 323 g/mol. The highest BCUT2D eigenvalue weighted by Crippen LogP contribution is 2.13. The van der Waals surface area contributed by atoms with E-state index in [1.165, 1.54) is 35.6 Å². The number of aryl methyl sites for hydroxylation is 1. The van der Waals surface area contributed by atoms with Crippen LogP contribution in [0.4, 0.5) is 0 Å². The smallest absolute Gasteiger partial charge is 0.335 e. The number of sulfonamides is 1. The van der Waals surface area contributed by atoms with Crippen LogP contribution in [-0.2, 0) is 29.4 Å². The van der Waals surface area contributed by atoms with E-state index in [1.54, 1.807) is 24.1 Å². The van der Waals surface area contributed by atoms with Gasteiger partial charge < -0.3 is 5.11 Å². The first-order valence-corrected chi connectivity index (χ1v) is 8.12. The largest absolute Gasteiger partial charge is 0.478 e. The maximum atomic E-state index is 12.3. The summed E-state index contributed by atoms with van der Waals surface area (Å²) >= 11 is 0. The molecule has 0 aliphatic heterocycles. The van der Waals surface area contributed by atoms with E-state index in [2.05, 4.69) is 5.10 Å². The summed E-state index contributed by atoms with van der Waals surface area (Å²) in [6.45, 7) is 0.239. The van der Waals surface area contributed by atoms with Crippen LogP contribution in [0.25, 0.3) is 0 Å². The molecule has 0 spiro atoms. The van der Waals surface area contributed by atoms with E-state index in [0.29, 0.717) is 5.56 Å². The first kappa shape index (κ1) is 16.2. The lowest BCUT2D eigenvalue weighted by atomic mass is 10.1. The molecule has 0 atom stereocenters. The molecule has 118 valence electrons. The summed E-state index contributed by atoms with van der Waals surface area (Å²) in [6, 6.07) is 5.82. The number of aromatic carboxylic acids is 1. The van der Waals surface area contributed by atoms with Crippen LogP contribution < -0.4 is 0 Å². The van der Waals surface area contributed by atoms with Gasteiger partial charge in [0.05, 0.1) is 17.5 Å². The monoisotopic (exact) mass is 323 g/mol. The Labute approximate surface area is 128 Å². The van der Waals surface area contributed by atoms with Gasteiger partial charge in [-0.2, -0.15) is 5.10 Å². The molecule has 2 rings (SSSR count). The van der Waals surface area contributed by atoms with E-state index in [0.717, 1.165) is 5.56 Å². The topological polar surface area (TPSA) is 92.5 Å². The minimum atomic E-state index is -3.49. The first-order valence-electron chi connectivity index (χ1n) is 6.52. The van der Waals surface area contributed by atoms with Crippen LogP contribution in [0.1, 0.15) is 21.5 Å². The summed E-state index contributed by atoms with van der Waals surface area (Å²) in [5.41, 5.74) is 1.47. The summed E-state index contributed by atoms with van der Waals surface area (Å²) in [5, 5.41) is 12.8. The molecule has 0 unspecified atom stereocenters. The molecule has 8 heteroatoms. The molecule has 0 saturated heterocycles. The highest BCUT2D eigenvalue weighted by molar-refractivity contribution is 7.88. The van der Waals surface area contributed by atoms with Crippen molar-refractivity contribution in [3.05, 3.63) is 53.3 Å². The van der Waals surface area contributed by atoms with Crippen molar-refractivity contribution in [1.82, 2.24) is 14.1 Å². The molecule has 0 fully saturated rings. The Kier molecular flexibility index (Phi) is 4.62. The third kappa shape index (κ3) is 3.92. The van der Waals surface area contributed by atoms with Crippen molar-refractivity contribution in [3.63, 3.8) is 0 Å². The molecule has 1 aromatic carbocycles. The van der Waals surface area contributed by atoms with Crippen molar-refractivity contribution < 1.29 is 18.3 Å². The number of rotatable bonds is 6. The summed E-state index contributed by atoms with van der Waals surface area (Å²) in [7, 11) is -0.213. The average Bonchev–Trinajstić information content (AvgIpc) is 2.84. The third-order valence-electron chi connectivity index (χ3n) is 3.19. The van der Waals surface area contributed by atoms with Crippen molar-refractivity contribution in [2.24, 2.45) is 7.05 Å². The maximum absolute atomic E-state index is 12.3. The standard InChI is InChI=1S/C14H17N3O4S/c1-16-8-12(7-15-16)9-17(2)22(20,21)10-11-3-5-13(6-4-11)14(18)19/h3-8H,9-10H2,1-2H3,(H,18,19). The van der Waals surface area contributed by atoms with Crippen molar-refractivity contribution >= 4 is 16.0 Å². The van der Waals surface area contributed by atoms with Gasteiger partial charge in [0.15, 0.2) is 0 Å². The van der Waals surface area contributed by atoms with E-state index in [-0.39, 0.29) is 17.9 Å². The zero-order valence-corrected chi connectivity index (χ0v) is 13.1. The predicted molar refractivity (Wildman–Crippen MR) is 80.7 cm³/mol. The zero-order chi connectivity index (χ0) is 16.3. The Balaban J connectivity index is 2.07. The molecule has 7 nitrogen and oxygen atoms in total. The Bertz CT molecular complexity index is 766. The minimum Gasteiger partial charge on any atom is -0.478 e. The molecule has 1 heterocycles. The predicted octanol–water partition coefficient (Wildman–Crippen LogP) is 1.08. The highest BCUT2D eigenvalue weighted by atomic mass is 32.2. The molecular formula is C14H17N3O4S. The number of benzene rings is 1. The normalized spacial score (nSPS) is 11.8. The first-order chi connectivity index (χ1) is 10.3. The fourth-order valence-corrected chi connectivity index (χ4v) is 3.15. The number of carbonyl (C=O) groups is 1. The van der Waals surface area contributed by atoms with E-state index >= 15 is 0 Å². The van der Waals surface area contributed by atoms with Gasteiger partial charge in [0.25, 0.3) is 0 Å². The van der Waals surface area contributed by atoms with Gasteiger partial charge >= 0.3 is 5.97 Å². The van der Waals surface area contributed by atoms with Crippen LogP contribution in [0, 0.1) is 0 Å². The fourth-order valence-electron chi connectivity index (χ4n) is 1.97. The molecule has 0 saturated carbocycles. The Morgan fingerprint density at radius 1 is 1.27 bits per heavy atom. The molecule has 0 radical (unpaired) electrons. The van der Waals surface area contributed by atoms with Gasteiger partial charge in [0.1, 0.15) is 0 Å². The highest BCUT2D eigenvalue weighted by Gasteiger charge is 2.19. The van der Waals surface area contributed by atoms with Gasteiger partial charge in [-0.1, -0.05) is 12.1 Å². The number of nitrogens with zero attached hydrogens (tertiary/aromatic N) is 3. The summed E-state index contributed by atoms with van der Waals surface area (Å²) in [6.07, 6.45) is 3.38. The number of carboxylic acids is 1. The van der Waals surface area contributed by atoms with Crippen LogP contribution in [0.15, 0.2) is 36.7 Å². The van der Waals surface area contributed by atoms with Crippen LogP contribution in [0.5, 0.6) is 0 Å². The summed E-state index contributed by atoms with van der Waals surface area (Å²) < 4.78 is 27.5. The minimum absolute atomic E-state index is 0.130. The Morgan fingerprint density at radius 2 is 1.91 bits per heavy atom. The van der Waals surface area contributed by atoms with Gasteiger partial charge in [-0.15, -0.1) is 0 Å². The van der Waals surface area contributed by atoms with Crippen molar-refractivity contribution in [2.75, 3.05) is 7.05 Å². The molecule has 0 aliphatic rings. The van der Waals surface area contributed by atoms with E-state index in [4.69, 9.17) is 5.11 Å². The van der Waals surface area contributed by atoms with Crippen LogP contribution >= 0.6 is 0 Å². The lowest BCUT2D eigenvalue weighted by molar-refractivity contribution is 0.0697. The van der Waals surface area contributed by atoms with Gasteiger partial charge in [0.2, 0.25) is 10.0 Å². The summed E-state index contributed by atoms with van der Waals surface area (Å²) in [5.74, 6) is -1.22. The molecule has 2 aromatic rings. The van der Waals surface area contributed by atoms with Gasteiger partial charge in [-0.25, -0.2) is 17.5 Å². The van der Waals surface area contributed by atoms with Gasteiger partial charge in [-0.05, 0) is 17.7 Å². The fraction of sp³-hybridized carbons (Fsp3) is 0.286. The van der Waals surface area contributed by atoms with Gasteiger partial charge in [-0.3, -0.25) is 4.68 Å². The zero-order valence-electron chi connectivity index (χ0n) is 12.3. The molecule has 0 aliphatic carbocycles. The van der Waals surface area contributed by atoms with Crippen LogP contribution in [0.2, 0.25) is 0 Å². The second-order valence-corrected chi connectivity index (χ2v) is 7.11. The SMILES string of the molecule is CN(Cc1cnn(C)c1)S(=O)(=O)Cc1ccc(C(=O)O)cc1. The van der Waals surface area contributed by atoms with Crippen LogP contribution in [-0.4, -0.2) is 40.6 Å². The van der Waals surface area contributed by atoms with E-state index in [1.807, 2.05) is 0 Å². The molecule has 0 bridgehead atoms. The number of aromatic nitrogens is 2. The molecular weight excluding hydrogens is 306 g/mol. The number of carboxylic acid groups (broad SMARTS) is 1. The molecule has 1 aromatic heterocycles. The molecule has 1 N–H and O–H groups in total. The Morgan fingerprint density at radius 3 is 2.41 bits per heavy atom. The number of hydrogen-bond donors (Lipinski definition) is 1. The molecule has 22 heavy (non-hydrogen) atoms. The van der Waals surface area contributed by atoms with Crippen molar-refractivity contribution in [3.8, 4) is 0 Å². The Hall–Kier alpha value is -2.19. The summed E-state index contributed by atoms with van der Waals surface area (Å²) in [4.78, 5) is 10.8. The second-order valence-electron chi connectivity index (χ2n) is 5.04. The van der Waals surface area contributed by atoms with Crippen molar-refractivity contribution in [1.29, 1.82) is 0 Å². The lowest BCUT2D eigenvalue weighted by Crippen LogP contribution is -2.27. The van der Waals surface area contributed by atoms with Gasteiger partial charge in [0, 0.05) is 32.4 Å². The van der Waals surface area contributed by atoms with Crippen molar-refractivity contribution in [2.45, 2.75) is 12.3 Å². The quantitative estimate of drug-likeness (QED) is 0.859. The second kappa shape index (κ2) is 6.29. The number of hydrogen-bond acceptors (Lipinski definition) is 4. The van der Waals surface area contributed by atoms with E-state index < -0.39 is 16.0 Å². The third-order valence-corrected chi connectivity index (χ3v) is 4.97. The maximum Gasteiger partial charge on any atom is 0.335 e. The molecule has 0 amide bonds.